The van der Waals surface area contributed by atoms with Gasteiger partial charge in [0.25, 0.3) is 0 Å². The summed E-state index contributed by atoms with van der Waals surface area (Å²) in [4.78, 5) is 8.92. The summed E-state index contributed by atoms with van der Waals surface area (Å²) in [6.45, 7) is 0. The number of benzene rings is 3. The van der Waals surface area contributed by atoms with E-state index in [4.69, 9.17) is 27.9 Å². The minimum atomic E-state index is -1.49. The first-order valence-electron chi connectivity index (χ1n) is 12.7. The van der Waals surface area contributed by atoms with Crippen molar-refractivity contribution in [3.8, 4) is 11.4 Å². The lowest BCUT2D eigenvalue weighted by Crippen LogP contribution is -2.29. The Hall–Kier alpha value is -4.16. The number of hydrogen-bond acceptors (Lipinski definition) is 4. The second-order valence-electron chi connectivity index (χ2n) is 9.54. The van der Waals surface area contributed by atoms with Crippen LogP contribution >= 0.6 is 23.2 Å². The molecule has 0 aliphatic heterocycles. The summed E-state index contributed by atoms with van der Waals surface area (Å²) in [5, 5.41) is 13.9. The monoisotopic (exact) mass is 565 g/mol. The molecule has 198 valence electrons. The molecule has 1 N–H and O–H groups in total. The van der Waals surface area contributed by atoms with Crippen molar-refractivity contribution in [2.24, 2.45) is 0 Å². The third-order valence-electron chi connectivity index (χ3n) is 7.19. The Labute approximate surface area is 242 Å². The van der Waals surface area contributed by atoms with Gasteiger partial charge in [0.15, 0.2) is 0 Å². The normalized spacial score (nSPS) is 12.8. The quantitative estimate of drug-likeness (QED) is 0.202. The van der Waals surface area contributed by atoms with E-state index in [1.807, 2.05) is 73.1 Å². The van der Waals surface area contributed by atoms with Crippen molar-refractivity contribution in [3.63, 3.8) is 0 Å². The fourth-order valence-corrected chi connectivity index (χ4v) is 5.63. The fraction of sp³-hybridized carbons (Fsp3) is 0.0909. The van der Waals surface area contributed by atoms with Crippen LogP contribution in [-0.4, -0.2) is 26.8 Å². The van der Waals surface area contributed by atoms with Crippen LogP contribution in [0.25, 0.3) is 16.6 Å². The summed E-state index contributed by atoms with van der Waals surface area (Å²) in [5.74, 6) is 0.698. The molecule has 7 heteroatoms. The molecule has 6 aromatic rings. The topological polar surface area (TPSA) is 60.2 Å². The molecule has 1 unspecified atom stereocenters. The Balaban J connectivity index is 1.43. The predicted molar refractivity (Wildman–Crippen MR) is 160 cm³/mol. The van der Waals surface area contributed by atoms with E-state index in [0.29, 0.717) is 49.9 Å². The zero-order valence-corrected chi connectivity index (χ0v) is 23.1. The first-order chi connectivity index (χ1) is 19.5. The van der Waals surface area contributed by atoms with E-state index >= 15 is 0 Å². The van der Waals surface area contributed by atoms with Crippen LogP contribution in [-0.2, 0) is 12.0 Å². The number of fused-ring (bicyclic) bond motifs is 1. The molecule has 3 heterocycles. The molecule has 0 aliphatic rings. The highest BCUT2D eigenvalue weighted by molar-refractivity contribution is 6.39. The standard InChI is InChI=1S/C33H25Cl2N3O2/c1-40-27-13-8-23(9-14-27)33(39,25-5-4-16-36-21-25)24-10-15-30-28(20-24)31(34)29(32(35)37-30)19-22-6-11-26(12-7-22)38-17-2-3-18-38/h2-18,20-21,39H,19H2,1H3. The van der Waals surface area contributed by atoms with Gasteiger partial charge < -0.3 is 14.4 Å². The van der Waals surface area contributed by atoms with E-state index in [2.05, 4.69) is 38.8 Å². The minimum Gasteiger partial charge on any atom is -0.497 e. The molecule has 0 radical (unpaired) electrons. The van der Waals surface area contributed by atoms with Crippen LogP contribution in [0.1, 0.15) is 27.8 Å². The second-order valence-corrected chi connectivity index (χ2v) is 10.3. The summed E-state index contributed by atoms with van der Waals surface area (Å²) in [7, 11) is 1.61. The Morgan fingerprint density at radius 2 is 1.57 bits per heavy atom. The zero-order chi connectivity index (χ0) is 27.7. The Bertz CT molecular complexity index is 1770. The minimum absolute atomic E-state index is 0.359. The molecule has 6 rings (SSSR count). The molecule has 0 aliphatic carbocycles. The van der Waals surface area contributed by atoms with Gasteiger partial charge >= 0.3 is 0 Å². The van der Waals surface area contributed by atoms with Gasteiger partial charge in [0.2, 0.25) is 0 Å². The van der Waals surface area contributed by atoms with Crippen molar-refractivity contribution in [3.05, 3.63) is 154 Å². The van der Waals surface area contributed by atoms with Gasteiger partial charge in [-0.25, -0.2) is 4.98 Å². The molecule has 0 saturated carbocycles. The Kier molecular flexibility index (Phi) is 7.03. The molecule has 0 bridgehead atoms. The van der Waals surface area contributed by atoms with Gasteiger partial charge in [-0.3, -0.25) is 4.98 Å². The SMILES string of the molecule is COc1ccc(C(O)(c2cccnc2)c2ccc3nc(Cl)c(Cc4ccc(-n5cccc5)cc4)c(Cl)c3c2)cc1. The van der Waals surface area contributed by atoms with Gasteiger partial charge in [-0.2, -0.15) is 0 Å². The van der Waals surface area contributed by atoms with E-state index in [0.717, 1.165) is 16.8 Å². The van der Waals surface area contributed by atoms with Gasteiger partial charge in [-0.15, -0.1) is 0 Å². The van der Waals surface area contributed by atoms with Gasteiger partial charge in [-0.1, -0.05) is 59.6 Å². The summed E-state index contributed by atoms with van der Waals surface area (Å²) in [5.41, 5.74) is 3.94. The first-order valence-corrected chi connectivity index (χ1v) is 13.5. The molecule has 1 atom stereocenters. The van der Waals surface area contributed by atoms with Crippen LogP contribution in [0.4, 0.5) is 0 Å². The summed E-state index contributed by atoms with van der Waals surface area (Å²) in [6, 6.07) is 28.8. The molecule has 5 nitrogen and oxygen atoms in total. The van der Waals surface area contributed by atoms with E-state index in [1.165, 1.54) is 0 Å². The highest BCUT2D eigenvalue weighted by Gasteiger charge is 2.34. The maximum absolute atomic E-state index is 12.3. The van der Waals surface area contributed by atoms with Crippen molar-refractivity contribution < 1.29 is 9.84 Å². The van der Waals surface area contributed by atoms with Gasteiger partial charge in [0, 0.05) is 53.4 Å². The summed E-state index contributed by atoms with van der Waals surface area (Å²) in [6.07, 6.45) is 7.87. The van der Waals surface area contributed by atoms with Crippen molar-refractivity contribution in [2.45, 2.75) is 12.0 Å². The lowest BCUT2D eigenvalue weighted by Gasteiger charge is -2.30. The molecule has 40 heavy (non-hydrogen) atoms. The lowest BCUT2D eigenvalue weighted by atomic mass is 9.80. The van der Waals surface area contributed by atoms with Gasteiger partial charge in [-0.05, 0) is 71.3 Å². The maximum atomic E-state index is 12.3. The molecule has 3 aromatic carbocycles. The van der Waals surface area contributed by atoms with Crippen molar-refractivity contribution >= 4 is 34.1 Å². The number of methoxy groups -OCH3 is 1. The van der Waals surface area contributed by atoms with Crippen LogP contribution in [0.5, 0.6) is 5.75 Å². The van der Waals surface area contributed by atoms with Crippen LogP contribution in [0, 0.1) is 0 Å². The second kappa shape index (κ2) is 10.8. The average molecular weight is 566 g/mol. The van der Waals surface area contributed by atoms with Crippen molar-refractivity contribution in [2.75, 3.05) is 7.11 Å². The Morgan fingerprint density at radius 1 is 0.850 bits per heavy atom. The number of hydrogen-bond donors (Lipinski definition) is 1. The lowest BCUT2D eigenvalue weighted by molar-refractivity contribution is 0.125. The Morgan fingerprint density at radius 3 is 2.25 bits per heavy atom. The molecule has 0 spiro atoms. The zero-order valence-electron chi connectivity index (χ0n) is 21.6. The number of pyridine rings is 2. The number of rotatable bonds is 7. The number of aromatic nitrogens is 3. The average Bonchev–Trinajstić information content (AvgIpc) is 3.55. The number of halogens is 2. The van der Waals surface area contributed by atoms with Crippen LogP contribution < -0.4 is 4.74 Å². The van der Waals surface area contributed by atoms with Crippen LogP contribution in [0.2, 0.25) is 10.2 Å². The summed E-state index contributed by atoms with van der Waals surface area (Å²) < 4.78 is 7.38. The van der Waals surface area contributed by atoms with E-state index < -0.39 is 5.60 Å². The highest BCUT2D eigenvalue weighted by Crippen LogP contribution is 2.40. The molecule has 0 fully saturated rings. The van der Waals surface area contributed by atoms with Gasteiger partial charge in [0.05, 0.1) is 17.6 Å². The highest BCUT2D eigenvalue weighted by atomic mass is 35.5. The number of aliphatic hydroxyl groups is 1. The number of ether oxygens (including phenoxy) is 1. The van der Waals surface area contributed by atoms with Crippen LogP contribution in [0.15, 0.2) is 116 Å². The summed E-state index contributed by atoms with van der Waals surface area (Å²) >= 11 is 13.7. The third kappa shape index (κ3) is 4.73. The van der Waals surface area contributed by atoms with E-state index in [1.54, 1.807) is 25.6 Å². The molecule has 3 aromatic heterocycles. The maximum Gasteiger partial charge on any atom is 0.142 e. The van der Waals surface area contributed by atoms with Crippen molar-refractivity contribution in [1.82, 2.24) is 14.5 Å². The first kappa shape index (κ1) is 26.1. The third-order valence-corrected chi connectivity index (χ3v) is 7.93. The predicted octanol–water partition coefficient (Wildman–Crippen LogP) is 7.61. The van der Waals surface area contributed by atoms with Gasteiger partial charge in [0.1, 0.15) is 16.5 Å². The largest absolute Gasteiger partial charge is 0.497 e. The van der Waals surface area contributed by atoms with Crippen LogP contribution in [0.3, 0.4) is 0 Å². The molecular formula is C33H25Cl2N3O2. The molecule has 0 amide bonds. The van der Waals surface area contributed by atoms with E-state index in [-0.39, 0.29) is 0 Å². The number of nitrogens with zero attached hydrogens (tertiary/aromatic N) is 3. The fourth-order valence-electron chi connectivity index (χ4n) is 5.02. The van der Waals surface area contributed by atoms with Crippen molar-refractivity contribution in [1.29, 1.82) is 0 Å². The smallest absolute Gasteiger partial charge is 0.142 e. The van der Waals surface area contributed by atoms with E-state index in [9.17, 15) is 5.11 Å². The molecular weight excluding hydrogens is 541 g/mol. The molecule has 0 saturated heterocycles.